The van der Waals surface area contributed by atoms with Crippen molar-refractivity contribution in [3.8, 4) is 11.3 Å². The van der Waals surface area contributed by atoms with Gasteiger partial charge in [-0.25, -0.2) is 9.78 Å². The topological polar surface area (TPSA) is 81.4 Å². The van der Waals surface area contributed by atoms with E-state index in [1.54, 1.807) is 12.1 Å². The van der Waals surface area contributed by atoms with Crippen LogP contribution in [0.2, 0.25) is 0 Å². The van der Waals surface area contributed by atoms with Crippen LogP contribution >= 0.6 is 11.3 Å². The first-order valence-electron chi connectivity index (χ1n) is 8.61. The Morgan fingerprint density at radius 1 is 1.11 bits per heavy atom. The highest BCUT2D eigenvalue weighted by Gasteiger charge is 2.22. The van der Waals surface area contributed by atoms with Gasteiger partial charge in [0.15, 0.2) is 11.2 Å². The third kappa shape index (κ3) is 3.79. The number of ether oxygens (including phenoxy) is 1. The molecule has 2 aromatic carbocycles. The van der Waals surface area contributed by atoms with Gasteiger partial charge in [-0.1, -0.05) is 48.5 Å². The fourth-order valence-corrected chi connectivity index (χ4v) is 3.36. The third-order valence-corrected chi connectivity index (χ3v) is 4.84. The van der Waals surface area contributed by atoms with Gasteiger partial charge in [-0.2, -0.15) is 0 Å². The van der Waals surface area contributed by atoms with Crippen molar-refractivity contribution in [3.05, 3.63) is 71.8 Å². The molecule has 4 aromatic rings. The molecule has 2 aromatic heterocycles. The summed E-state index contributed by atoms with van der Waals surface area (Å²) >= 11 is 1.31. The summed E-state index contributed by atoms with van der Waals surface area (Å²) < 4.78 is 10.7. The second-order valence-corrected chi connectivity index (χ2v) is 6.95. The minimum Gasteiger partial charge on any atom is -0.449 e. The lowest BCUT2D eigenvalue weighted by Gasteiger charge is -2.11. The molecule has 1 atom stereocenters. The maximum absolute atomic E-state index is 12.3. The number of carbonyl (C=O) groups is 2. The standard InChI is InChI=1S/C21H16N2O4S/c1-13(26-20(25)18-11-15-9-5-6-10-17(15)27-18)19(24)23-21-22-16(12-28-21)14-7-3-2-4-8-14/h2-13H,1H3,(H,22,23,24)/t13-/m1/s1. The molecule has 1 N–H and O–H groups in total. The molecule has 6 nitrogen and oxygen atoms in total. The summed E-state index contributed by atoms with van der Waals surface area (Å²) in [6.45, 7) is 1.50. The van der Waals surface area contributed by atoms with Crippen molar-refractivity contribution in [2.24, 2.45) is 0 Å². The number of anilines is 1. The highest BCUT2D eigenvalue weighted by atomic mass is 32.1. The summed E-state index contributed by atoms with van der Waals surface area (Å²) in [5.41, 5.74) is 2.32. The van der Waals surface area contributed by atoms with Gasteiger partial charge in [0.25, 0.3) is 5.91 Å². The Morgan fingerprint density at radius 2 is 1.86 bits per heavy atom. The minimum atomic E-state index is -0.996. The Bertz CT molecular complexity index is 1100. The molecule has 140 valence electrons. The zero-order valence-corrected chi connectivity index (χ0v) is 15.7. The Balaban J connectivity index is 1.39. The molecule has 0 saturated heterocycles. The lowest BCUT2D eigenvalue weighted by Crippen LogP contribution is -2.29. The second-order valence-electron chi connectivity index (χ2n) is 6.09. The fourth-order valence-electron chi connectivity index (χ4n) is 2.63. The molecule has 0 saturated carbocycles. The summed E-state index contributed by atoms with van der Waals surface area (Å²) in [4.78, 5) is 29.0. The minimum absolute atomic E-state index is 0.0569. The number of hydrogen-bond acceptors (Lipinski definition) is 6. The number of nitrogens with zero attached hydrogens (tertiary/aromatic N) is 1. The summed E-state index contributed by atoms with van der Waals surface area (Å²) in [6.07, 6.45) is -0.996. The van der Waals surface area contributed by atoms with Crippen LogP contribution in [0.1, 0.15) is 17.5 Å². The average Bonchev–Trinajstić information content (AvgIpc) is 3.35. The molecule has 0 unspecified atom stereocenters. The van der Waals surface area contributed by atoms with Crippen LogP contribution in [0, 0.1) is 0 Å². The number of esters is 1. The lowest BCUT2D eigenvalue weighted by molar-refractivity contribution is -0.123. The largest absolute Gasteiger partial charge is 0.449 e. The van der Waals surface area contributed by atoms with Gasteiger partial charge in [-0.15, -0.1) is 11.3 Å². The molecule has 0 spiro atoms. The first kappa shape index (κ1) is 17.9. The van der Waals surface area contributed by atoms with Crippen LogP contribution in [0.5, 0.6) is 0 Å². The molecule has 1 amide bonds. The number of furan rings is 1. The van der Waals surface area contributed by atoms with E-state index in [1.165, 1.54) is 18.3 Å². The normalized spacial score (nSPS) is 11.9. The van der Waals surface area contributed by atoms with E-state index in [-0.39, 0.29) is 5.76 Å². The zero-order valence-electron chi connectivity index (χ0n) is 14.9. The van der Waals surface area contributed by atoms with Crippen LogP contribution in [0.4, 0.5) is 5.13 Å². The van der Waals surface area contributed by atoms with Gasteiger partial charge < -0.3 is 9.15 Å². The Hall–Kier alpha value is -3.45. The molecule has 0 bridgehead atoms. The SMILES string of the molecule is C[C@@H](OC(=O)c1cc2ccccc2o1)C(=O)Nc1nc(-c2ccccc2)cs1. The summed E-state index contributed by atoms with van der Waals surface area (Å²) in [5.74, 6) is -1.09. The first-order valence-corrected chi connectivity index (χ1v) is 9.49. The summed E-state index contributed by atoms with van der Waals surface area (Å²) in [5, 5.41) is 5.77. The number of benzene rings is 2. The quantitative estimate of drug-likeness (QED) is 0.496. The molecular formula is C21H16N2O4S. The molecule has 0 radical (unpaired) electrons. The number of hydrogen-bond donors (Lipinski definition) is 1. The van der Waals surface area contributed by atoms with Crippen molar-refractivity contribution < 1.29 is 18.7 Å². The van der Waals surface area contributed by atoms with Crippen molar-refractivity contribution in [3.63, 3.8) is 0 Å². The van der Waals surface area contributed by atoms with Crippen LogP contribution in [-0.4, -0.2) is 23.0 Å². The van der Waals surface area contributed by atoms with E-state index in [0.29, 0.717) is 10.7 Å². The van der Waals surface area contributed by atoms with Gasteiger partial charge in [0.05, 0.1) is 5.69 Å². The van der Waals surface area contributed by atoms with Crippen molar-refractivity contribution in [1.29, 1.82) is 0 Å². The van der Waals surface area contributed by atoms with Crippen molar-refractivity contribution >= 4 is 39.3 Å². The molecule has 0 aliphatic rings. The maximum Gasteiger partial charge on any atom is 0.375 e. The molecular weight excluding hydrogens is 376 g/mol. The number of rotatable bonds is 5. The predicted octanol–water partition coefficient (Wildman–Crippen LogP) is 4.74. The van der Waals surface area contributed by atoms with E-state index in [2.05, 4.69) is 10.3 Å². The van der Waals surface area contributed by atoms with Gasteiger partial charge in [0.1, 0.15) is 5.58 Å². The Morgan fingerprint density at radius 3 is 2.64 bits per heavy atom. The zero-order chi connectivity index (χ0) is 19.5. The smallest absolute Gasteiger partial charge is 0.375 e. The van der Waals surface area contributed by atoms with Crippen LogP contribution in [0.15, 0.2) is 70.5 Å². The molecule has 0 fully saturated rings. The van der Waals surface area contributed by atoms with E-state index in [1.807, 2.05) is 53.9 Å². The second kappa shape index (κ2) is 7.66. The van der Waals surface area contributed by atoms with E-state index in [9.17, 15) is 9.59 Å². The molecule has 4 rings (SSSR count). The summed E-state index contributed by atoms with van der Waals surface area (Å²) in [7, 11) is 0. The van der Waals surface area contributed by atoms with E-state index in [4.69, 9.17) is 9.15 Å². The van der Waals surface area contributed by atoms with E-state index >= 15 is 0 Å². The number of fused-ring (bicyclic) bond motifs is 1. The Kier molecular flexibility index (Phi) is 4.90. The van der Waals surface area contributed by atoms with Crippen molar-refractivity contribution in [1.82, 2.24) is 4.98 Å². The Labute approximate surface area is 164 Å². The number of para-hydroxylation sites is 1. The van der Waals surface area contributed by atoms with Crippen molar-refractivity contribution in [2.75, 3.05) is 5.32 Å². The number of nitrogens with one attached hydrogen (secondary N) is 1. The fraction of sp³-hybridized carbons (Fsp3) is 0.0952. The molecule has 0 aliphatic heterocycles. The third-order valence-electron chi connectivity index (χ3n) is 4.08. The number of amides is 1. The highest BCUT2D eigenvalue weighted by Crippen LogP contribution is 2.25. The van der Waals surface area contributed by atoms with Crippen LogP contribution in [-0.2, 0) is 9.53 Å². The molecule has 28 heavy (non-hydrogen) atoms. The predicted molar refractivity (Wildman–Crippen MR) is 107 cm³/mol. The van der Waals surface area contributed by atoms with E-state index < -0.39 is 18.0 Å². The lowest BCUT2D eigenvalue weighted by atomic mass is 10.2. The highest BCUT2D eigenvalue weighted by molar-refractivity contribution is 7.14. The molecule has 0 aliphatic carbocycles. The average molecular weight is 392 g/mol. The van der Waals surface area contributed by atoms with Gasteiger partial charge in [-0.3, -0.25) is 10.1 Å². The maximum atomic E-state index is 12.3. The van der Waals surface area contributed by atoms with Gasteiger partial charge in [0.2, 0.25) is 5.76 Å². The van der Waals surface area contributed by atoms with Crippen molar-refractivity contribution in [2.45, 2.75) is 13.0 Å². The van der Waals surface area contributed by atoms with Crippen LogP contribution < -0.4 is 5.32 Å². The molecule has 2 heterocycles. The van der Waals surface area contributed by atoms with Crippen LogP contribution in [0.3, 0.4) is 0 Å². The first-order chi connectivity index (χ1) is 13.6. The van der Waals surface area contributed by atoms with E-state index in [0.717, 1.165) is 16.6 Å². The van der Waals surface area contributed by atoms with Gasteiger partial charge in [-0.05, 0) is 19.1 Å². The summed E-state index contributed by atoms with van der Waals surface area (Å²) in [6, 6.07) is 18.5. The van der Waals surface area contributed by atoms with Gasteiger partial charge in [0, 0.05) is 16.3 Å². The monoisotopic (exact) mass is 392 g/mol. The van der Waals surface area contributed by atoms with Crippen LogP contribution in [0.25, 0.3) is 22.2 Å². The number of aromatic nitrogens is 1. The number of thiazole rings is 1. The number of carbonyl (C=O) groups excluding carboxylic acids is 2. The molecule has 7 heteroatoms. The van der Waals surface area contributed by atoms with Gasteiger partial charge >= 0.3 is 5.97 Å².